The van der Waals surface area contributed by atoms with Gasteiger partial charge in [0.05, 0.1) is 17.7 Å². The molecule has 2 amide bonds. The fraction of sp³-hybridized carbons (Fsp3) is 0.297. The van der Waals surface area contributed by atoms with Crippen molar-refractivity contribution >= 4 is 27.5 Å². The topological polar surface area (TPSA) is 96.0 Å². The van der Waals surface area contributed by atoms with Crippen LogP contribution in [-0.2, 0) is 32.6 Å². The summed E-state index contributed by atoms with van der Waals surface area (Å²) in [6.45, 7) is 8.99. The standard InChI is InChI=1S/C37H43N3O5S/c1-27-21-22-34(45-6)32(23-27)40(46(43,44)31-19-11-8-12-20-31)26-35(41)39(25-30-18-14-13-15-28(30)2)33(36(42)38-37(3,4)5)24-29-16-9-7-10-17-29/h7-23,33H,24-26H2,1-6H3,(H,38,42). The third-order valence-corrected chi connectivity index (χ3v) is 9.36. The lowest BCUT2D eigenvalue weighted by Crippen LogP contribution is -2.56. The molecular formula is C37H43N3O5S. The number of benzene rings is 4. The molecule has 0 saturated carbocycles. The zero-order valence-electron chi connectivity index (χ0n) is 27.4. The van der Waals surface area contributed by atoms with Gasteiger partial charge < -0.3 is 15.0 Å². The molecule has 0 aromatic heterocycles. The number of amides is 2. The van der Waals surface area contributed by atoms with Crippen LogP contribution in [-0.4, -0.2) is 50.4 Å². The first-order valence-electron chi connectivity index (χ1n) is 15.2. The molecule has 4 rings (SSSR count). The van der Waals surface area contributed by atoms with E-state index >= 15 is 0 Å². The monoisotopic (exact) mass is 641 g/mol. The quantitative estimate of drug-likeness (QED) is 0.203. The van der Waals surface area contributed by atoms with Crippen molar-refractivity contribution in [3.8, 4) is 5.75 Å². The van der Waals surface area contributed by atoms with E-state index in [1.807, 2.05) is 95.3 Å². The zero-order valence-corrected chi connectivity index (χ0v) is 28.2. The smallest absolute Gasteiger partial charge is 0.264 e. The summed E-state index contributed by atoms with van der Waals surface area (Å²) in [7, 11) is -2.78. The Labute approximate surface area is 273 Å². The van der Waals surface area contributed by atoms with Gasteiger partial charge in [0, 0.05) is 18.5 Å². The fourth-order valence-electron chi connectivity index (χ4n) is 5.21. The van der Waals surface area contributed by atoms with Crippen LogP contribution in [0.1, 0.15) is 43.0 Å². The van der Waals surface area contributed by atoms with Crippen molar-refractivity contribution in [3.05, 3.63) is 125 Å². The van der Waals surface area contributed by atoms with Crippen LogP contribution in [0.5, 0.6) is 5.75 Å². The van der Waals surface area contributed by atoms with Crippen molar-refractivity contribution in [1.29, 1.82) is 0 Å². The van der Waals surface area contributed by atoms with Gasteiger partial charge in [-0.3, -0.25) is 13.9 Å². The van der Waals surface area contributed by atoms with Crippen LogP contribution < -0.4 is 14.4 Å². The lowest BCUT2D eigenvalue weighted by atomic mass is 10.00. The Morgan fingerprint density at radius 1 is 0.848 bits per heavy atom. The number of aryl methyl sites for hydroxylation is 2. The van der Waals surface area contributed by atoms with Crippen molar-refractivity contribution in [2.45, 2.75) is 64.1 Å². The van der Waals surface area contributed by atoms with Gasteiger partial charge in [-0.25, -0.2) is 8.42 Å². The Bertz CT molecular complexity index is 1750. The maximum atomic E-state index is 14.7. The summed E-state index contributed by atoms with van der Waals surface area (Å²) in [5.41, 5.74) is 3.12. The van der Waals surface area contributed by atoms with E-state index < -0.39 is 34.1 Å². The Kier molecular flexibility index (Phi) is 10.9. The minimum absolute atomic E-state index is 0.0307. The highest BCUT2D eigenvalue weighted by atomic mass is 32.2. The number of nitrogens with zero attached hydrogens (tertiary/aromatic N) is 2. The van der Waals surface area contributed by atoms with Crippen LogP contribution in [0.15, 0.2) is 108 Å². The number of ether oxygens (including phenoxy) is 1. The summed E-state index contributed by atoms with van der Waals surface area (Å²) < 4.78 is 35.2. The molecule has 242 valence electrons. The number of rotatable bonds is 12. The molecule has 1 N–H and O–H groups in total. The van der Waals surface area contributed by atoms with Gasteiger partial charge in [-0.1, -0.05) is 78.9 Å². The Morgan fingerprint density at radius 2 is 1.46 bits per heavy atom. The van der Waals surface area contributed by atoms with E-state index in [1.165, 1.54) is 24.1 Å². The van der Waals surface area contributed by atoms with Gasteiger partial charge in [0.25, 0.3) is 10.0 Å². The third kappa shape index (κ3) is 8.54. The first kappa shape index (κ1) is 34.2. The second-order valence-electron chi connectivity index (χ2n) is 12.4. The Hall–Kier alpha value is -4.63. The first-order valence-corrected chi connectivity index (χ1v) is 16.7. The van der Waals surface area contributed by atoms with Crippen LogP contribution >= 0.6 is 0 Å². The summed E-state index contributed by atoms with van der Waals surface area (Å²) in [5.74, 6) is -0.560. The van der Waals surface area contributed by atoms with Gasteiger partial charge in [0.1, 0.15) is 18.3 Å². The van der Waals surface area contributed by atoms with E-state index in [0.29, 0.717) is 5.75 Å². The zero-order chi connectivity index (χ0) is 33.5. The third-order valence-electron chi connectivity index (χ3n) is 7.58. The maximum Gasteiger partial charge on any atom is 0.264 e. The number of sulfonamides is 1. The van der Waals surface area contributed by atoms with Gasteiger partial charge in [0.2, 0.25) is 11.8 Å². The van der Waals surface area contributed by atoms with Crippen molar-refractivity contribution in [3.63, 3.8) is 0 Å². The summed E-state index contributed by atoms with van der Waals surface area (Å²) in [4.78, 5) is 30.3. The lowest BCUT2D eigenvalue weighted by molar-refractivity contribution is -0.140. The number of carbonyl (C=O) groups excluding carboxylic acids is 2. The molecule has 0 radical (unpaired) electrons. The number of nitrogens with one attached hydrogen (secondary N) is 1. The average molecular weight is 642 g/mol. The molecule has 0 heterocycles. The molecule has 0 aliphatic rings. The van der Waals surface area contributed by atoms with Crippen LogP contribution in [0.3, 0.4) is 0 Å². The summed E-state index contributed by atoms with van der Waals surface area (Å²) in [6, 6.07) is 29.4. The Balaban J connectivity index is 1.87. The van der Waals surface area contributed by atoms with E-state index in [-0.39, 0.29) is 29.5 Å². The van der Waals surface area contributed by atoms with Crippen LogP contribution in [0, 0.1) is 13.8 Å². The highest BCUT2D eigenvalue weighted by Gasteiger charge is 2.36. The number of carbonyl (C=O) groups is 2. The molecule has 0 aliphatic heterocycles. The molecule has 8 nitrogen and oxygen atoms in total. The van der Waals surface area contributed by atoms with E-state index in [9.17, 15) is 18.0 Å². The first-order chi connectivity index (χ1) is 21.8. The number of methoxy groups -OCH3 is 1. The molecule has 9 heteroatoms. The highest BCUT2D eigenvalue weighted by molar-refractivity contribution is 7.92. The van der Waals surface area contributed by atoms with E-state index in [1.54, 1.807) is 30.3 Å². The van der Waals surface area contributed by atoms with Crippen molar-refractivity contribution in [1.82, 2.24) is 10.2 Å². The highest BCUT2D eigenvalue weighted by Crippen LogP contribution is 2.34. The lowest BCUT2D eigenvalue weighted by Gasteiger charge is -2.35. The summed E-state index contributed by atoms with van der Waals surface area (Å²) in [5, 5.41) is 3.06. The molecule has 4 aromatic carbocycles. The van der Waals surface area contributed by atoms with E-state index in [0.717, 1.165) is 26.6 Å². The van der Waals surface area contributed by atoms with Gasteiger partial charge in [-0.05, 0) is 81.1 Å². The maximum absolute atomic E-state index is 14.7. The van der Waals surface area contributed by atoms with Crippen LogP contribution in [0.2, 0.25) is 0 Å². The molecule has 0 bridgehead atoms. The molecule has 1 atom stereocenters. The normalized spacial score (nSPS) is 12.2. The van der Waals surface area contributed by atoms with Crippen molar-refractivity contribution < 1.29 is 22.7 Å². The molecule has 0 aliphatic carbocycles. The molecule has 0 saturated heterocycles. The SMILES string of the molecule is COc1ccc(C)cc1N(CC(=O)N(Cc1ccccc1C)C(Cc1ccccc1)C(=O)NC(C)(C)C)S(=O)(=O)c1ccccc1. The molecule has 46 heavy (non-hydrogen) atoms. The molecule has 0 fully saturated rings. The molecule has 4 aromatic rings. The second kappa shape index (κ2) is 14.6. The largest absolute Gasteiger partial charge is 0.495 e. The number of hydrogen-bond acceptors (Lipinski definition) is 5. The van der Waals surface area contributed by atoms with Gasteiger partial charge in [0.15, 0.2) is 0 Å². The summed E-state index contributed by atoms with van der Waals surface area (Å²) >= 11 is 0. The molecule has 0 spiro atoms. The fourth-order valence-corrected chi connectivity index (χ4v) is 6.64. The minimum Gasteiger partial charge on any atom is -0.495 e. The van der Waals surface area contributed by atoms with Crippen molar-refractivity contribution in [2.75, 3.05) is 18.0 Å². The second-order valence-corrected chi connectivity index (χ2v) is 14.3. The predicted molar refractivity (Wildman–Crippen MR) is 182 cm³/mol. The van der Waals surface area contributed by atoms with E-state index in [4.69, 9.17) is 4.74 Å². The average Bonchev–Trinajstić information content (AvgIpc) is 3.02. The predicted octanol–water partition coefficient (Wildman–Crippen LogP) is 6.06. The van der Waals surface area contributed by atoms with Crippen LogP contribution in [0.4, 0.5) is 5.69 Å². The minimum atomic E-state index is -4.24. The van der Waals surface area contributed by atoms with E-state index in [2.05, 4.69) is 5.32 Å². The Morgan fingerprint density at radius 3 is 2.07 bits per heavy atom. The number of hydrogen-bond donors (Lipinski definition) is 1. The number of anilines is 1. The van der Waals surface area contributed by atoms with Gasteiger partial charge in [-0.15, -0.1) is 0 Å². The van der Waals surface area contributed by atoms with Crippen molar-refractivity contribution in [2.24, 2.45) is 0 Å². The van der Waals surface area contributed by atoms with Gasteiger partial charge >= 0.3 is 0 Å². The summed E-state index contributed by atoms with van der Waals surface area (Å²) in [6.07, 6.45) is 0.236. The van der Waals surface area contributed by atoms with Crippen LogP contribution in [0.25, 0.3) is 0 Å². The van der Waals surface area contributed by atoms with Gasteiger partial charge in [-0.2, -0.15) is 0 Å². The molecular weight excluding hydrogens is 598 g/mol. The molecule has 1 unspecified atom stereocenters.